The molecule has 0 aliphatic heterocycles. The van der Waals surface area contributed by atoms with Crippen LogP contribution in [0, 0.1) is 6.92 Å². The van der Waals surface area contributed by atoms with E-state index < -0.39 is 0 Å². The lowest BCUT2D eigenvalue weighted by atomic mass is 10.0. The first-order valence-corrected chi connectivity index (χ1v) is 8.84. The van der Waals surface area contributed by atoms with Gasteiger partial charge in [0.05, 0.1) is 16.8 Å². The highest BCUT2D eigenvalue weighted by Gasteiger charge is 2.14. The molecule has 4 aromatic rings. The molecule has 132 valence electrons. The maximum atomic E-state index is 13.0. The minimum Gasteiger partial charge on any atom is -0.348 e. The molecule has 0 aliphatic rings. The van der Waals surface area contributed by atoms with Crippen molar-refractivity contribution in [3.63, 3.8) is 0 Å². The number of carbonyl (C=O) groups is 1. The summed E-state index contributed by atoms with van der Waals surface area (Å²) in [5.74, 6) is -0.109. The minimum absolute atomic E-state index is 0.109. The van der Waals surface area contributed by atoms with E-state index in [-0.39, 0.29) is 5.91 Å². The molecule has 2 heterocycles. The molecule has 0 saturated carbocycles. The Balaban J connectivity index is 1.75. The summed E-state index contributed by atoms with van der Waals surface area (Å²) in [7, 11) is 0. The van der Waals surface area contributed by atoms with Crippen LogP contribution in [0.3, 0.4) is 0 Å². The molecule has 0 fully saturated rings. The molecule has 0 atom stereocenters. The predicted octanol–water partition coefficient (Wildman–Crippen LogP) is 4.54. The highest BCUT2D eigenvalue weighted by Crippen LogP contribution is 2.25. The topological polar surface area (TPSA) is 54.9 Å². The van der Waals surface area contributed by atoms with Crippen molar-refractivity contribution in [1.82, 2.24) is 15.3 Å². The van der Waals surface area contributed by atoms with E-state index in [1.165, 1.54) is 0 Å². The molecule has 0 bridgehead atoms. The van der Waals surface area contributed by atoms with E-state index in [4.69, 9.17) is 4.98 Å². The lowest BCUT2D eigenvalue weighted by Crippen LogP contribution is -2.23. The minimum atomic E-state index is -0.109. The summed E-state index contributed by atoms with van der Waals surface area (Å²) < 4.78 is 0. The zero-order chi connectivity index (χ0) is 18.6. The summed E-state index contributed by atoms with van der Waals surface area (Å²) >= 11 is 0. The third-order valence-electron chi connectivity index (χ3n) is 4.46. The normalized spacial score (nSPS) is 10.7. The fraction of sp³-hybridized carbons (Fsp3) is 0.0870. The van der Waals surface area contributed by atoms with E-state index in [0.717, 1.165) is 33.3 Å². The van der Waals surface area contributed by atoms with E-state index in [9.17, 15) is 4.79 Å². The second-order valence-corrected chi connectivity index (χ2v) is 6.49. The molecular formula is C23H19N3O. The van der Waals surface area contributed by atoms with Gasteiger partial charge in [0.25, 0.3) is 5.91 Å². The van der Waals surface area contributed by atoms with Gasteiger partial charge in [0, 0.05) is 29.9 Å². The average Bonchev–Trinajstić information content (AvgIpc) is 2.72. The van der Waals surface area contributed by atoms with E-state index in [1.807, 2.05) is 73.7 Å². The number of aryl methyl sites for hydroxylation is 1. The van der Waals surface area contributed by atoms with Gasteiger partial charge in [-0.05, 0) is 42.8 Å². The van der Waals surface area contributed by atoms with Crippen LogP contribution < -0.4 is 5.32 Å². The van der Waals surface area contributed by atoms with Gasteiger partial charge in [0.1, 0.15) is 0 Å². The van der Waals surface area contributed by atoms with Gasteiger partial charge >= 0.3 is 0 Å². The SMILES string of the molecule is Cc1ccc2nc(-c3cccnc3)cc(C(=O)NCc3ccccc3)c2c1. The largest absolute Gasteiger partial charge is 0.348 e. The standard InChI is InChI=1S/C23H19N3O/c1-16-9-10-21-19(12-16)20(13-22(26-21)18-8-5-11-24-15-18)23(27)25-14-17-6-3-2-4-7-17/h2-13,15H,14H2,1H3,(H,25,27). The molecule has 2 aromatic carbocycles. The molecule has 0 aliphatic carbocycles. The molecule has 4 heteroatoms. The molecule has 2 aromatic heterocycles. The molecule has 1 N–H and O–H groups in total. The maximum absolute atomic E-state index is 13.0. The van der Waals surface area contributed by atoms with E-state index in [0.29, 0.717) is 12.1 Å². The van der Waals surface area contributed by atoms with E-state index in [1.54, 1.807) is 12.4 Å². The zero-order valence-electron chi connectivity index (χ0n) is 15.0. The van der Waals surface area contributed by atoms with Gasteiger partial charge in [-0.3, -0.25) is 9.78 Å². The van der Waals surface area contributed by atoms with Gasteiger partial charge in [0.15, 0.2) is 0 Å². The Morgan fingerprint density at radius 3 is 2.63 bits per heavy atom. The van der Waals surface area contributed by atoms with Crippen LogP contribution in [0.2, 0.25) is 0 Å². The second kappa shape index (κ2) is 7.38. The Morgan fingerprint density at radius 2 is 1.85 bits per heavy atom. The molecular weight excluding hydrogens is 334 g/mol. The van der Waals surface area contributed by atoms with Crippen molar-refractivity contribution < 1.29 is 4.79 Å². The second-order valence-electron chi connectivity index (χ2n) is 6.49. The quantitative estimate of drug-likeness (QED) is 0.586. The number of hydrogen-bond acceptors (Lipinski definition) is 3. The van der Waals surface area contributed by atoms with Gasteiger partial charge < -0.3 is 5.32 Å². The van der Waals surface area contributed by atoms with E-state index >= 15 is 0 Å². The third kappa shape index (κ3) is 3.70. The summed E-state index contributed by atoms with van der Waals surface area (Å²) in [5, 5.41) is 3.88. The van der Waals surface area contributed by atoms with Crippen molar-refractivity contribution in [2.75, 3.05) is 0 Å². The molecule has 4 rings (SSSR count). The number of fused-ring (bicyclic) bond motifs is 1. The highest BCUT2D eigenvalue weighted by atomic mass is 16.1. The van der Waals surface area contributed by atoms with Crippen LogP contribution in [0.25, 0.3) is 22.2 Å². The number of hydrogen-bond donors (Lipinski definition) is 1. The van der Waals surface area contributed by atoms with Gasteiger partial charge in [-0.15, -0.1) is 0 Å². The zero-order valence-corrected chi connectivity index (χ0v) is 15.0. The number of rotatable bonds is 4. The fourth-order valence-electron chi connectivity index (χ4n) is 3.06. The van der Waals surface area contributed by atoms with Crippen LogP contribution in [0.15, 0.2) is 79.1 Å². The van der Waals surface area contributed by atoms with Crippen molar-refractivity contribution in [3.05, 3.63) is 95.8 Å². The number of pyridine rings is 2. The van der Waals surface area contributed by atoms with Gasteiger partial charge in [0.2, 0.25) is 0 Å². The lowest BCUT2D eigenvalue weighted by Gasteiger charge is -2.11. The molecule has 0 radical (unpaired) electrons. The van der Waals surface area contributed by atoms with Crippen LogP contribution in [-0.4, -0.2) is 15.9 Å². The summed E-state index contributed by atoms with van der Waals surface area (Å²) in [6.45, 7) is 2.50. The smallest absolute Gasteiger partial charge is 0.252 e. The number of nitrogens with zero attached hydrogens (tertiary/aromatic N) is 2. The molecule has 0 saturated heterocycles. The van der Waals surface area contributed by atoms with Crippen LogP contribution in [-0.2, 0) is 6.54 Å². The first-order valence-electron chi connectivity index (χ1n) is 8.84. The fourth-order valence-corrected chi connectivity index (χ4v) is 3.06. The van der Waals surface area contributed by atoms with Crippen LogP contribution in [0.5, 0.6) is 0 Å². The maximum Gasteiger partial charge on any atom is 0.252 e. The van der Waals surface area contributed by atoms with Crippen molar-refractivity contribution in [1.29, 1.82) is 0 Å². The van der Waals surface area contributed by atoms with Crippen LogP contribution >= 0.6 is 0 Å². The molecule has 0 unspecified atom stereocenters. The van der Waals surface area contributed by atoms with Crippen molar-refractivity contribution in [3.8, 4) is 11.3 Å². The lowest BCUT2D eigenvalue weighted by molar-refractivity contribution is 0.0952. The Labute approximate surface area is 157 Å². The monoisotopic (exact) mass is 353 g/mol. The van der Waals surface area contributed by atoms with Crippen LogP contribution in [0.1, 0.15) is 21.5 Å². The Hall–Kier alpha value is -3.53. The first-order chi connectivity index (χ1) is 13.2. The molecule has 0 spiro atoms. The number of carbonyl (C=O) groups excluding carboxylic acids is 1. The Bertz CT molecular complexity index is 1090. The number of benzene rings is 2. The molecule has 4 nitrogen and oxygen atoms in total. The molecule has 27 heavy (non-hydrogen) atoms. The van der Waals surface area contributed by atoms with Crippen molar-refractivity contribution >= 4 is 16.8 Å². The van der Waals surface area contributed by atoms with Gasteiger partial charge in [-0.25, -0.2) is 4.98 Å². The Morgan fingerprint density at radius 1 is 1.00 bits per heavy atom. The summed E-state index contributed by atoms with van der Waals surface area (Å²) in [6.07, 6.45) is 3.48. The first kappa shape index (κ1) is 16.9. The van der Waals surface area contributed by atoms with E-state index in [2.05, 4.69) is 10.3 Å². The number of aromatic nitrogens is 2. The summed E-state index contributed by atoms with van der Waals surface area (Å²) in [5.41, 5.74) is 5.20. The van der Waals surface area contributed by atoms with Crippen molar-refractivity contribution in [2.45, 2.75) is 13.5 Å². The van der Waals surface area contributed by atoms with Crippen LogP contribution in [0.4, 0.5) is 0 Å². The van der Waals surface area contributed by atoms with Crippen molar-refractivity contribution in [2.24, 2.45) is 0 Å². The number of amides is 1. The molecule has 1 amide bonds. The number of nitrogens with one attached hydrogen (secondary N) is 1. The third-order valence-corrected chi connectivity index (χ3v) is 4.46. The predicted molar refractivity (Wildman–Crippen MR) is 107 cm³/mol. The highest BCUT2D eigenvalue weighted by molar-refractivity contribution is 6.07. The summed E-state index contributed by atoms with van der Waals surface area (Å²) in [6, 6.07) is 21.5. The average molecular weight is 353 g/mol. The Kier molecular flexibility index (Phi) is 4.62. The van der Waals surface area contributed by atoms with Gasteiger partial charge in [-0.1, -0.05) is 42.0 Å². The van der Waals surface area contributed by atoms with Gasteiger partial charge in [-0.2, -0.15) is 0 Å². The summed E-state index contributed by atoms with van der Waals surface area (Å²) in [4.78, 5) is 21.9.